The summed E-state index contributed by atoms with van der Waals surface area (Å²) < 4.78 is 48.8. The van der Waals surface area contributed by atoms with Crippen LogP contribution in [0.15, 0.2) is 30.7 Å². The lowest BCUT2D eigenvalue weighted by molar-refractivity contribution is -0.114. The fourth-order valence-corrected chi connectivity index (χ4v) is 3.00. The number of benzene rings is 1. The number of rotatable bonds is 5. The maximum absolute atomic E-state index is 14.6. The summed E-state index contributed by atoms with van der Waals surface area (Å²) in [4.78, 5) is 25.2. The predicted molar refractivity (Wildman–Crippen MR) is 94.3 cm³/mol. The number of allylic oxidation sites excluding steroid dienone is 1. The Morgan fingerprint density at radius 2 is 2.04 bits per heavy atom. The molecule has 28 heavy (non-hydrogen) atoms. The summed E-state index contributed by atoms with van der Waals surface area (Å²) in [5.41, 5.74) is 3.99. The van der Waals surface area contributed by atoms with Gasteiger partial charge in [-0.05, 0) is 6.08 Å². The number of anilines is 2. The van der Waals surface area contributed by atoms with Crippen LogP contribution in [0.4, 0.5) is 29.3 Å². The molecule has 1 fully saturated rings. The molecule has 0 radical (unpaired) electrons. The molecule has 4 N–H and O–H groups in total. The average Bonchev–Trinajstić information content (AvgIpc) is 3.00. The molecule has 0 bridgehead atoms. The molecule has 8 nitrogen and oxygen atoms in total. The number of nitrogens with two attached hydrogens (primary N) is 2. The Bertz CT molecular complexity index is 861. The summed E-state index contributed by atoms with van der Waals surface area (Å²) >= 11 is 0. The fraction of sp³-hybridized carbons (Fsp3) is 0.294. The molecule has 11 heteroatoms. The van der Waals surface area contributed by atoms with Crippen molar-refractivity contribution in [2.24, 2.45) is 11.6 Å². The highest BCUT2D eigenvalue weighted by Gasteiger charge is 2.36. The number of hydrazine groups is 1. The minimum atomic E-state index is -1.46. The van der Waals surface area contributed by atoms with Gasteiger partial charge < -0.3 is 20.4 Å². The standard InChI is InChI=1S/C17H18F3N5O3/c18-12-7-13(25-9-11(28-17(25)27)8-24(22)6-3-21)14(19)15(20)16(12)23-4-1-10(26)2-5-23/h1,3-4,6-7,11H,2,5,8-9,21-22H2/b6-3-. The van der Waals surface area contributed by atoms with Crippen molar-refractivity contribution in [3.63, 3.8) is 0 Å². The minimum absolute atomic E-state index is 0.0107. The number of carbonyl (C=O) groups excluding carboxylic acids is 2. The zero-order valence-corrected chi connectivity index (χ0v) is 14.6. The third-order valence-electron chi connectivity index (χ3n) is 4.30. The van der Waals surface area contributed by atoms with Crippen LogP contribution in [-0.2, 0) is 9.53 Å². The van der Waals surface area contributed by atoms with Crippen molar-refractivity contribution >= 4 is 23.3 Å². The van der Waals surface area contributed by atoms with Crippen molar-refractivity contribution in [3.8, 4) is 0 Å². The Morgan fingerprint density at radius 3 is 2.68 bits per heavy atom. The first-order valence-corrected chi connectivity index (χ1v) is 8.35. The van der Waals surface area contributed by atoms with E-state index < -0.39 is 41.0 Å². The molecule has 0 aromatic heterocycles. The first-order chi connectivity index (χ1) is 13.3. The molecule has 2 heterocycles. The van der Waals surface area contributed by atoms with Gasteiger partial charge in [-0.2, -0.15) is 0 Å². The number of nitrogens with zero attached hydrogens (tertiary/aromatic N) is 3. The van der Waals surface area contributed by atoms with Gasteiger partial charge in [0.05, 0.1) is 18.8 Å². The van der Waals surface area contributed by atoms with Gasteiger partial charge in [-0.1, -0.05) is 0 Å². The number of cyclic esters (lactones) is 1. The molecule has 1 saturated heterocycles. The molecule has 0 aliphatic carbocycles. The molecule has 2 aliphatic rings. The van der Waals surface area contributed by atoms with Crippen molar-refractivity contribution in [2.45, 2.75) is 12.5 Å². The molecule has 1 aromatic rings. The molecule has 0 spiro atoms. The van der Waals surface area contributed by atoms with Gasteiger partial charge >= 0.3 is 6.09 Å². The highest BCUT2D eigenvalue weighted by molar-refractivity contribution is 5.92. The highest BCUT2D eigenvalue weighted by atomic mass is 19.2. The number of hydrogen-bond donors (Lipinski definition) is 2. The zero-order valence-electron chi connectivity index (χ0n) is 14.6. The first-order valence-electron chi connectivity index (χ1n) is 8.35. The van der Waals surface area contributed by atoms with Gasteiger partial charge in [0, 0.05) is 37.6 Å². The lowest BCUT2D eigenvalue weighted by Gasteiger charge is -2.25. The van der Waals surface area contributed by atoms with Gasteiger partial charge in [-0.15, -0.1) is 0 Å². The van der Waals surface area contributed by atoms with Crippen LogP contribution in [0.3, 0.4) is 0 Å². The Labute approximate surface area is 158 Å². The molecule has 0 saturated carbocycles. The van der Waals surface area contributed by atoms with Crippen molar-refractivity contribution in [1.82, 2.24) is 5.01 Å². The normalized spacial score (nSPS) is 19.6. The Hall–Kier alpha value is -3.21. The number of ether oxygens (including phenoxy) is 1. The van der Waals surface area contributed by atoms with Gasteiger partial charge in [0.25, 0.3) is 0 Å². The third-order valence-corrected chi connectivity index (χ3v) is 4.30. The molecular weight excluding hydrogens is 379 g/mol. The number of amides is 1. The van der Waals surface area contributed by atoms with E-state index in [1.165, 1.54) is 18.6 Å². The lowest BCUT2D eigenvalue weighted by atomic mass is 10.1. The number of carbonyl (C=O) groups is 2. The van der Waals surface area contributed by atoms with Crippen molar-refractivity contribution in [2.75, 3.05) is 29.4 Å². The van der Waals surface area contributed by atoms with E-state index in [0.29, 0.717) is 0 Å². The summed E-state index contributed by atoms with van der Waals surface area (Å²) in [5.74, 6) is 1.48. The van der Waals surface area contributed by atoms with Crippen LogP contribution < -0.4 is 21.4 Å². The van der Waals surface area contributed by atoms with Crippen molar-refractivity contribution in [3.05, 3.63) is 48.2 Å². The zero-order chi connectivity index (χ0) is 20.4. The number of ketones is 1. The van der Waals surface area contributed by atoms with Crippen LogP contribution in [0, 0.1) is 17.5 Å². The minimum Gasteiger partial charge on any atom is -0.442 e. The van der Waals surface area contributed by atoms with Crippen LogP contribution in [-0.4, -0.2) is 42.6 Å². The van der Waals surface area contributed by atoms with Crippen LogP contribution >= 0.6 is 0 Å². The monoisotopic (exact) mass is 397 g/mol. The highest BCUT2D eigenvalue weighted by Crippen LogP contribution is 2.35. The first kappa shape index (κ1) is 19.5. The molecule has 3 rings (SSSR count). The van der Waals surface area contributed by atoms with Gasteiger partial charge in [0.1, 0.15) is 11.8 Å². The van der Waals surface area contributed by atoms with E-state index >= 15 is 0 Å². The Kier molecular flexibility index (Phi) is 5.45. The second kappa shape index (κ2) is 7.80. The van der Waals surface area contributed by atoms with Gasteiger partial charge in [-0.25, -0.2) is 23.8 Å². The number of halogens is 3. The Balaban J connectivity index is 1.86. The average molecular weight is 397 g/mol. The maximum atomic E-state index is 14.6. The fourth-order valence-electron chi connectivity index (χ4n) is 3.00. The van der Waals surface area contributed by atoms with Gasteiger partial charge in [0.15, 0.2) is 23.2 Å². The second-order valence-electron chi connectivity index (χ2n) is 6.23. The SMILES string of the molecule is N/C=C\N(N)CC1CN(c2cc(F)c(N3C=CC(=O)CC3)c(F)c2F)C(=O)O1. The largest absolute Gasteiger partial charge is 0.442 e. The molecule has 1 aromatic carbocycles. The van der Waals surface area contributed by atoms with Crippen LogP contribution in [0.5, 0.6) is 0 Å². The Morgan fingerprint density at radius 1 is 1.29 bits per heavy atom. The maximum Gasteiger partial charge on any atom is 0.414 e. The van der Waals surface area contributed by atoms with E-state index in [1.807, 2.05) is 0 Å². The van der Waals surface area contributed by atoms with E-state index in [4.69, 9.17) is 16.3 Å². The molecule has 1 amide bonds. The van der Waals surface area contributed by atoms with Crippen molar-refractivity contribution < 1.29 is 27.5 Å². The molecule has 150 valence electrons. The van der Waals surface area contributed by atoms with Gasteiger partial charge in [-0.3, -0.25) is 9.69 Å². The molecule has 1 atom stereocenters. The summed E-state index contributed by atoms with van der Waals surface area (Å²) in [6, 6.07) is 0.724. The van der Waals surface area contributed by atoms with E-state index in [0.717, 1.165) is 27.0 Å². The number of hydrogen-bond acceptors (Lipinski definition) is 7. The van der Waals surface area contributed by atoms with Crippen LogP contribution in [0.1, 0.15) is 6.42 Å². The summed E-state index contributed by atoms with van der Waals surface area (Å²) in [7, 11) is 0. The predicted octanol–water partition coefficient (Wildman–Crippen LogP) is 1.33. The summed E-state index contributed by atoms with van der Waals surface area (Å²) in [6.07, 6.45) is 3.20. The smallest absolute Gasteiger partial charge is 0.414 e. The summed E-state index contributed by atoms with van der Waals surface area (Å²) in [6.45, 7) is -0.0950. The molecule has 1 unspecified atom stereocenters. The summed E-state index contributed by atoms with van der Waals surface area (Å²) in [5, 5.41) is 1.16. The quantitative estimate of drug-likeness (QED) is 0.439. The van der Waals surface area contributed by atoms with Crippen LogP contribution in [0.25, 0.3) is 0 Å². The van der Waals surface area contributed by atoms with Crippen LogP contribution in [0.2, 0.25) is 0 Å². The van der Waals surface area contributed by atoms with E-state index in [-0.39, 0.29) is 31.8 Å². The van der Waals surface area contributed by atoms with E-state index in [9.17, 15) is 22.8 Å². The third kappa shape index (κ3) is 3.74. The second-order valence-corrected chi connectivity index (χ2v) is 6.23. The van der Waals surface area contributed by atoms with Gasteiger partial charge in [0.2, 0.25) is 0 Å². The lowest BCUT2D eigenvalue weighted by Crippen LogP contribution is -2.36. The molecule has 2 aliphatic heterocycles. The van der Waals surface area contributed by atoms with E-state index in [2.05, 4.69) is 0 Å². The van der Waals surface area contributed by atoms with Crippen molar-refractivity contribution in [1.29, 1.82) is 0 Å². The topological polar surface area (TPSA) is 105 Å². The molecular formula is C17H18F3N5O3. The van der Waals surface area contributed by atoms with E-state index in [1.54, 1.807) is 0 Å².